The van der Waals surface area contributed by atoms with Crippen molar-refractivity contribution in [2.24, 2.45) is 0 Å². The van der Waals surface area contributed by atoms with Gasteiger partial charge in [0.2, 0.25) is 11.6 Å². The summed E-state index contributed by atoms with van der Waals surface area (Å²) in [6.45, 7) is 0. The smallest absolute Gasteiger partial charge is 0.234 e. The van der Waals surface area contributed by atoms with Crippen molar-refractivity contribution in [1.82, 2.24) is 0 Å². The Morgan fingerprint density at radius 2 is 0.923 bits per heavy atom. The zero-order chi connectivity index (χ0) is 17.7. The highest BCUT2D eigenvalue weighted by Gasteiger charge is 2.29. The Hall–Kier alpha value is -3.26. The number of ketones is 2. The number of hydrogen-bond donors (Lipinski definition) is 0. The molecule has 6 rings (SSSR count). The highest BCUT2D eigenvalue weighted by Crippen LogP contribution is 2.31. The first-order valence-corrected chi connectivity index (χ1v) is 8.84. The van der Waals surface area contributed by atoms with E-state index >= 15 is 0 Å². The molecular formula is C24H16O2. The van der Waals surface area contributed by atoms with E-state index in [0.717, 1.165) is 10.8 Å². The molecule has 0 heterocycles. The lowest BCUT2D eigenvalue weighted by Crippen LogP contribution is -2.05. The van der Waals surface area contributed by atoms with Crippen LogP contribution in [0.25, 0.3) is 21.5 Å². The largest absolute Gasteiger partial charge is 0.285 e. The molecule has 2 heteroatoms. The number of benzene rings is 4. The normalized spacial score (nSPS) is 14.0. The number of carbonyl (C=O) groups excluding carboxylic acids is 2. The average Bonchev–Trinajstić information content (AvgIpc) is 3.21. The van der Waals surface area contributed by atoms with Crippen LogP contribution < -0.4 is 0 Å². The fourth-order valence-corrected chi connectivity index (χ4v) is 4.15. The Balaban J connectivity index is 0.000000117. The Labute approximate surface area is 151 Å². The molecule has 124 valence electrons. The molecule has 2 aliphatic rings. The van der Waals surface area contributed by atoms with E-state index in [1.807, 2.05) is 12.1 Å². The number of rotatable bonds is 0. The molecular weight excluding hydrogens is 320 g/mol. The van der Waals surface area contributed by atoms with Gasteiger partial charge in [0.1, 0.15) is 0 Å². The third-order valence-corrected chi connectivity index (χ3v) is 5.34. The molecule has 0 saturated carbocycles. The minimum Gasteiger partial charge on any atom is -0.285 e. The van der Waals surface area contributed by atoms with Crippen molar-refractivity contribution in [3.8, 4) is 0 Å². The zero-order valence-electron chi connectivity index (χ0n) is 14.2. The van der Waals surface area contributed by atoms with Crippen molar-refractivity contribution in [3.63, 3.8) is 0 Å². The summed E-state index contributed by atoms with van der Waals surface area (Å²) >= 11 is 0. The number of Topliss-reactive ketones (excluding diaryl/α,β-unsaturated/α-hetero) is 2. The molecule has 0 atom stereocenters. The van der Waals surface area contributed by atoms with E-state index in [4.69, 9.17) is 0 Å². The van der Waals surface area contributed by atoms with Crippen molar-refractivity contribution in [3.05, 3.63) is 95.1 Å². The number of aryl methyl sites for hydroxylation is 2. The lowest BCUT2D eigenvalue weighted by atomic mass is 10.1. The molecule has 2 nitrogen and oxygen atoms in total. The molecule has 0 aromatic heterocycles. The van der Waals surface area contributed by atoms with Crippen LogP contribution in [0.3, 0.4) is 0 Å². The van der Waals surface area contributed by atoms with Crippen LogP contribution in [0.15, 0.2) is 72.8 Å². The molecule has 26 heavy (non-hydrogen) atoms. The first kappa shape index (κ1) is 15.0. The van der Waals surface area contributed by atoms with E-state index < -0.39 is 0 Å². The Morgan fingerprint density at radius 3 is 1.42 bits per heavy atom. The summed E-state index contributed by atoms with van der Waals surface area (Å²) in [4.78, 5) is 23.1. The van der Waals surface area contributed by atoms with Crippen molar-refractivity contribution >= 4 is 33.1 Å². The van der Waals surface area contributed by atoms with Crippen molar-refractivity contribution < 1.29 is 9.59 Å². The molecule has 2 aliphatic carbocycles. The molecule has 0 saturated heterocycles. The molecule has 0 unspecified atom stereocenters. The first-order chi connectivity index (χ1) is 12.7. The quantitative estimate of drug-likeness (QED) is 0.416. The Bertz CT molecular complexity index is 1130. The first-order valence-electron chi connectivity index (χ1n) is 8.84. The van der Waals surface area contributed by atoms with Crippen LogP contribution in [0, 0.1) is 0 Å². The molecule has 4 aromatic rings. The van der Waals surface area contributed by atoms with Crippen LogP contribution >= 0.6 is 0 Å². The van der Waals surface area contributed by atoms with Gasteiger partial charge in [0.05, 0.1) is 0 Å². The van der Waals surface area contributed by atoms with Gasteiger partial charge in [-0.1, -0.05) is 72.8 Å². The summed E-state index contributed by atoms with van der Waals surface area (Å²) in [6, 6.07) is 24.1. The predicted octanol–water partition coefficient (Wildman–Crippen LogP) is 5.16. The second-order valence-corrected chi connectivity index (χ2v) is 6.80. The van der Waals surface area contributed by atoms with E-state index in [9.17, 15) is 9.59 Å². The van der Waals surface area contributed by atoms with Crippen LogP contribution in [-0.4, -0.2) is 11.6 Å². The van der Waals surface area contributed by atoms with Gasteiger partial charge in [-0.25, -0.2) is 0 Å². The van der Waals surface area contributed by atoms with Crippen LogP contribution in [-0.2, 0) is 12.8 Å². The molecule has 0 fully saturated rings. The molecule has 0 N–H and O–H groups in total. The maximum Gasteiger partial charge on any atom is 0.234 e. The summed E-state index contributed by atoms with van der Waals surface area (Å²) in [5.74, 6) is -0.756. The molecule has 0 spiro atoms. The monoisotopic (exact) mass is 336 g/mol. The Morgan fingerprint density at radius 1 is 0.500 bits per heavy atom. The summed E-state index contributed by atoms with van der Waals surface area (Å²) in [6.07, 6.45) is 2.47. The third-order valence-electron chi connectivity index (χ3n) is 5.34. The minimum absolute atomic E-state index is 0.378. The van der Waals surface area contributed by atoms with E-state index in [1.165, 1.54) is 34.7 Å². The van der Waals surface area contributed by atoms with Gasteiger partial charge < -0.3 is 0 Å². The third kappa shape index (κ3) is 2.12. The maximum atomic E-state index is 11.5. The molecule has 4 aromatic carbocycles. The Kier molecular flexibility index (Phi) is 3.26. The standard InChI is InChI=1S/C12H6O2.C12H10/c13-11-8-5-1-3-7-4-2-6-9(10(7)8)12(11)14;1-3-9-4-2-6-11-8-7-10(5-1)12(9)11/h1-6H;1-6H,7-8H2. The molecule has 0 amide bonds. The van der Waals surface area contributed by atoms with Crippen molar-refractivity contribution in [2.45, 2.75) is 12.8 Å². The van der Waals surface area contributed by atoms with Gasteiger partial charge in [0, 0.05) is 16.5 Å². The summed E-state index contributed by atoms with van der Waals surface area (Å²) in [7, 11) is 0. The van der Waals surface area contributed by atoms with Crippen molar-refractivity contribution in [2.75, 3.05) is 0 Å². The van der Waals surface area contributed by atoms with Gasteiger partial charge in [-0.2, -0.15) is 0 Å². The zero-order valence-corrected chi connectivity index (χ0v) is 14.2. The van der Waals surface area contributed by atoms with Crippen LogP contribution in [0.5, 0.6) is 0 Å². The average molecular weight is 336 g/mol. The lowest BCUT2D eigenvalue weighted by molar-refractivity contribution is 0.0825. The van der Waals surface area contributed by atoms with Gasteiger partial charge in [-0.3, -0.25) is 9.59 Å². The molecule has 0 radical (unpaired) electrons. The molecule has 0 aliphatic heterocycles. The van der Waals surface area contributed by atoms with Crippen LogP contribution in [0.2, 0.25) is 0 Å². The van der Waals surface area contributed by atoms with Gasteiger partial charge in [0.25, 0.3) is 0 Å². The predicted molar refractivity (Wildman–Crippen MR) is 104 cm³/mol. The van der Waals surface area contributed by atoms with Crippen LogP contribution in [0.4, 0.5) is 0 Å². The summed E-state index contributed by atoms with van der Waals surface area (Å²) in [5.41, 5.74) is 4.15. The van der Waals surface area contributed by atoms with Gasteiger partial charge in [-0.05, 0) is 40.1 Å². The highest BCUT2D eigenvalue weighted by atomic mass is 16.2. The van der Waals surface area contributed by atoms with E-state index in [0.29, 0.717) is 11.1 Å². The second-order valence-electron chi connectivity index (χ2n) is 6.80. The SMILES string of the molecule is O=C1C(=O)c2cccc3cccc1c23.c1cc2c3c(cccc3c1)CC2. The lowest BCUT2D eigenvalue weighted by Gasteiger charge is -1.99. The van der Waals surface area contributed by atoms with Crippen LogP contribution in [0.1, 0.15) is 31.8 Å². The summed E-state index contributed by atoms with van der Waals surface area (Å²) in [5, 5.41) is 4.69. The fourth-order valence-electron chi connectivity index (χ4n) is 4.15. The second kappa shape index (κ2) is 5.63. The maximum absolute atomic E-state index is 11.5. The molecule has 0 bridgehead atoms. The minimum atomic E-state index is -0.378. The summed E-state index contributed by atoms with van der Waals surface area (Å²) < 4.78 is 0. The topological polar surface area (TPSA) is 34.1 Å². The fraction of sp³-hybridized carbons (Fsp3) is 0.0833. The van der Waals surface area contributed by atoms with E-state index in [1.54, 1.807) is 24.3 Å². The van der Waals surface area contributed by atoms with Gasteiger partial charge in [0.15, 0.2) is 0 Å². The van der Waals surface area contributed by atoms with Gasteiger partial charge in [-0.15, -0.1) is 0 Å². The number of hydrogen-bond acceptors (Lipinski definition) is 2. The number of carbonyl (C=O) groups is 2. The van der Waals surface area contributed by atoms with E-state index in [-0.39, 0.29) is 11.6 Å². The van der Waals surface area contributed by atoms with Crippen molar-refractivity contribution in [1.29, 1.82) is 0 Å². The van der Waals surface area contributed by atoms with Gasteiger partial charge >= 0.3 is 0 Å². The van der Waals surface area contributed by atoms with E-state index in [2.05, 4.69) is 36.4 Å². The highest BCUT2D eigenvalue weighted by molar-refractivity contribution is 6.57.